The second-order valence-corrected chi connectivity index (χ2v) is 6.87. The van der Waals surface area contributed by atoms with Gasteiger partial charge in [0.15, 0.2) is 0 Å². The number of halogens is 3. The molecule has 0 spiro atoms. The predicted octanol–water partition coefficient (Wildman–Crippen LogP) is 5.88. The fraction of sp³-hybridized carbons (Fsp3) is 0.200. The summed E-state index contributed by atoms with van der Waals surface area (Å²) < 4.78 is 2.29. The number of hydrogen-bond acceptors (Lipinski definition) is 0. The molecule has 0 N–H and O–H groups in total. The Morgan fingerprint density at radius 3 is 2.67 bits per heavy atom. The molecule has 0 bridgehead atoms. The Kier molecular flexibility index (Phi) is 5.10. The van der Waals surface area contributed by atoms with Crippen molar-refractivity contribution in [2.75, 3.05) is 0 Å². The Balaban J connectivity index is 2.25. The summed E-state index contributed by atoms with van der Waals surface area (Å²) in [5.74, 6) is 0. The largest absolute Gasteiger partial charge is 0.117 e. The fourth-order valence-electron chi connectivity index (χ4n) is 1.90. The zero-order chi connectivity index (χ0) is 13.1. The molecule has 18 heavy (non-hydrogen) atoms. The third-order valence-electron chi connectivity index (χ3n) is 2.96. The molecule has 0 aliphatic heterocycles. The minimum absolute atomic E-state index is 0.00972. The maximum atomic E-state index is 6.56. The predicted molar refractivity (Wildman–Crippen MR) is 90.3 cm³/mol. The van der Waals surface area contributed by atoms with Gasteiger partial charge in [-0.3, -0.25) is 0 Å². The third-order valence-corrected chi connectivity index (χ3v) is 4.82. The molecule has 94 valence electrons. The van der Waals surface area contributed by atoms with E-state index in [2.05, 4.69) is 81.8 Å². The van der Waals surface area contributed by atoms with E-state index >= 15 is 0 Å². The van der Waals surface area contributed by atoms with Crippen LogP contribution in [0.3, 0.4) is 0 Å². The van der Waals surface area contributed by atoms with Crippen molar-refractivity contribution in [1.82, 2.24) is 0 Å². The van der Waals surface area contributed by atoms with Crippen molar-refractivity contribution in [3.05, 3.63) is 67.2 Å². The van der Waals surface area contributed by atoms with E-state index < -0.39 is 0 Å². The van der Waals surface area contributed by atoms with Gasteiger partial charge in [0.05, 0.1) is 5.38 Å². The van der Waals surface area contributed by atoms with Crippen LogP contribution in [0.15, 0.2) is 46.9 Å². The Hall–Kier alpha value is -0.0600. The first-order chi connectivity index (χ1) is 8.58. The molecule has 0 saturated carbocycles. The first-order valence-corrected chi connectivity index (χ1v) is 8.02. The molecule has 3 heteroatoms. The molecule has 0 heterocycles. The van der Waals surface area contributed by atoms with Crippen molar-refractivity contribution in [3.8, 4) is 0 Å². The van der Waals surface area contributed by atoms with Crippen LogP contribution in [-0.2, 0) is 6.42 Å². The first-order valence-electron chi connectivity index (χ1n) is 5.71. The quantitative estimate of drug-likeness (QED) is 0.417. The summed E-state index contributed by atoms with van der Waals surface area (Å²) >= 11 is 12.4. The molecule has 2 aromatic rings. The number of alkyl halides is 1. The molecule has 2 rings (SSSR count). The van der Waals surface area contributed by atoms with Crippen LogP contribution in [0.2, 0.25) is 0 Å². The maximum Gasteiger partial charge on any atom is 0.0636 e. The van der Waals surface area contributed by atoms with Gasteiger partial charge in [0.25, 0.3) is 0 Å². The smallest absolute Gasteiger partial charge is 0.0636 e. The van der Waals surface area contributed by atoms with Gasteiger partial charge in [0, 0.05) is 8.04 Å². The lowest BCUT2D eigenvalue weighted by molar-refractivity contribution is 0.904. The van der Waals surface area contributed by atoms with E-state index in [1.54, 1.807) is 0 Å². The van der Waals surface area contributed by atoms with Gasteiger partial charge < -0.3 is 0 Å². The highest BCUT2D eigenvalue weighted by Crippen LogP contribution is 2.31. The maximum absolute atomic E-state index is 6.56. The van der Waals surface area contributed by atoms with Crippen LogP contribution < -0.4 is 0 Å². The SMILES string of the molecule is Cc1ccccc1CC(Cl)c1cc(Br)ccc1I. The van der Waals surface area contributed by atoms with Crippen LogP contribution in [0.5, 0.6) is 0 Å². The average Bonchev–Trinajstić information content (AvgIpc) is 2.35. The van der Waals surface area contributed by atoms with E-state index in [0.29, 0.717) is 0 Å². The van der Waals surface area contributed by atoms with Gasteiger partial charge in [-0.05, 0) is 70.8 Å². The van der Waals surface area contributed by atoms with Crippen LogP contribution in [0.4, 0.5) is 0 Å². The summed E-state index contributed by atoms with van der Waals surface area (Å²) in [6, 6.07) is 14.6. The minimum atomic E-state index is 0.00972. The minimum Gasteiger partial charge on any atom is -0.117 e. The Labute approximate surface area is 135 Å². The van der Waals surface area contributed by atoms with Crippen LogP contribution in [0, 0.1) is 10.5 Å². The molecule has 0 nitrogen and oxygen atoms in total. The number of hydrogen-bond donors (Lipinski definition) is 0. The molecule has 0 fully saturated rings. The molecular weight excluding hydrogens is 422 g/mol. The second kappa shape index (κ2) is 6.40. The summed E-state index contributed by atoms with van der Waals surface area (Å²) in [5, 5.41) is 0.00972. The van der Waals surface area contributed by atoms with Crippen molar-refractivity contribution < 1.29 is 0 Å². The molecule has 2 aromatic carbocycles. The Morgan fingerprint density at radius 1 is 1.22 bits per heavy atom. The lowest BCUT2D eigenvalue weighted by atomic mass is 10.0. The normalized spacial score (nSPS) is 12.4. The van der Waals surface area contributed by atoms with Gasteiger partial charge in [-0.25, -0.2) is 0 Å². The van der Waals surface area contributed by atoms with Gasteiger partial charge in [-0.1, -0.05) is 40.2 Å². The van der Waals surface area contributed by atoms with E-state index in [-0.39, 0.29) is 5.38 Å². The topological polar surface area (TPSA) is 0 Å². The highest BCUT2D eigenvalue weighted by molar-refractivity contribution is 14.1. The van der Waals surface area contributed by atoms with E-state index in [1.807, 2.05) is 6.07 Å². The molecule has 0 aliphatic rings. The van der Waals surface area contributed by atoms with Gasteiger partial charge >= 0.3 is 0 Å². The van der Waals surface area contributed by atoms with Crippen LogP contribution >= 0.6 is 50.1 Å². The fourth-order valence-corrected chi connectivity index (χ4v) is 3.52. The monoisotopic (exact) mass is 434 g/mol. The zero-order valence-electron chi connectivity index (χ0n) is 9.96. The third kappa shape index (κ3) is 3.49. The number of rotatable bonds is 3. The van der Waals surface area contributed by atoms with Crippen LogP contribution in [-0.4, -0.2) is 0 Å². The highest BCUT2D eigenvalue weighted by Gasteiger charge is 2.13. The van der Waals surface area contributed by atoms with Crippen molar-refractivity contribution in [3.63, 3.8) is 0 Å². The summed E-state index contributed by atoms with van der Waals surface area (Å²) in [6.45, 7) is 2.13. The van der Waals surface area contributed by atoms with E-state index in [4.69, 9.17) is 11.6 Å². The summed E-state index contributed by atoms with van der Waals surface area (Å²) in [7, 11) is 0. The number of aryl methyl sites for hydroxylation is 1. The molecule has 0 aliphatic carbocycles. The van der Waals surface area contributed by atoms with Gasteiger partial charge in [-0.15, -0.1) is 11.6 Å². The molecule has 0 radical (unpaired) electrons. The highest BCUT2D eigenvalue weighted by atomic mass is 127. The van der Waals surface area contributed by atoms with Gasteiger partial charge in [0.1, 0.15) is 0 Å². The first kappa shape index (κ1) is 14.4. The van der Waals surface area contributed by atoms with E-state index in [1.165, 1.54) is 20.3 Å². The van der Waals surface area contributed by atoms with Crippen molar-refractivity contribution in [1.29, 1.82) is 0 Å². The van der Waals surface area contributed by atoms with E-state index in [9.17, 15) is 0 Å². The van der Waals surface area contributed by atoms with Gasteiger partial charge in [0.2, 0.25) is 0 Å². The number of benzene rings is 2. The summed E-state index contributed by atoms with van der Waals surface area (Å²) in [5.41, 5.74) is 3.80. The molecule has 1 atom stereocenters. The molecular formula is C15H13BrClI. The standard InChI is InChI=1S/C15H13BrClI/c1-10-4-2-3-5-11(10)8-14(17)13-9-12(16)6-7-15(13)18/h2-7,9,14H,8H2,1H3. The van der Waals surface area contributed by atoms with Gasteiger partial charge in [-0.2, -0.15) is 0 Å². The molecule has 1 unspecified atom stereocenters. The molecule has 0 saturated heterocycles. The lowest BCUT2D eigenvalue weighted by Crippen LogP contribution is -2.00. The summed E-state index contributed by atoms with van der Waals surface area (Å²) in [4.78, 5) is 0. The van der Waals surface area contributed by atoms with Crippen LogP contribution in [0.1, 0.15) is 22.1 Å². The second-order valence-electron chi connectivity index (χ2n) is 4.26. The Bertz CT molecular complexity index is 554. The zero-order valence-corrected chi connectivity index (χ0v) is 14.5. The van der Waals surface area contributed by atoms with Crippen molar-refractivity contribution >= 4 is 50.1 Å². The Morgan fingerprint density at radius 2 is 1.94 bits per heavy atom. The molecule has 0 aromatic heterocycles. The lowest BCUT2D eigenvalue weighted by Gasteiger charge is -2.14. The van der Waals surface area contributed by atoms with Crippen molar-refractivity contribution in [2.45, 2.75) is 18.7 Å². The average molecular weight is 436 g/mol. The van der Waals surface area contributed by atoms with E-state index in [0.717, 1.165) is 10.9 Å². The molecule has 0 amide bonds. The van der Waals surface area contributed by atoms with Crippen LogP contribution in [0.25, 0.3) is 0 Å². The van der Waals surface area contributed by atoms with Crippen molar-refractivity contribution in [2.24, 2.45) is 0 Å². The summed E-state index contributed by atoms with van der Waals surface area (Å²) in [6.07, 6.45) is 0.862.